The number of amides is 1. The van der Waals surface area contributed by atoms with E-state index in [1.54, 1.807) is 0 Å². The Balaban J connectivity index is 1.54. The second kappa shape index (κ2) is 9.45. The van der Waals surface area contributed by atoms with Crippen molar-refractivity contribution < 1.29 is 18.7 Å². The maximum absolute atomic E-state index is 13.5. The van der Waals surface area contributed by atoms with Crippen LogP contribution in [0.1, 0.15) is 22.7 Å². The maximum atomic E-state index is 13.5. The highest BCUT2D eigenvalue weighted by atomic mass is 35.5. The standard InChI is InChI=1S/C24H20Cl2F2N2O2/c25-18-5-1-16(2-6-18)23(17-3-7-19(26)8-4-17)29-13-22(14-29)30(24(31)32)12-15-9-20(27)11-21(28)10-15/h1-11,22-23H,12-14H2,(H,31,32). The van der Waals surface area contributed by atoms with Crippen molar-refractivity contribution >= 4 is 29.3 Å². The van der Waals surface area contributed by atoms with Crippen LogP contribution in [0.15, 0.2) is 66.7 Å². The van der Waals surface area contributed by atoms with Gasteiger partial charge in [-0.15, -0.1) is 0 Å². The van der Waals surface area contributed by atoms with Gasteiger partial charge < -0.3 is 5.11 Å². The molecule has 1 aliphatic rings. The smallest absolute Gasteiger partial charge is 0.407 e. The molecule has 1 aliphatic heterocycles. The summed E-state index contributed by atoms with van der Waals surface area (Å²) in [6.45, 7) is 0.856. The minimum absolute atomic E-state index is 0.0882. The number of carboxylic acid groups (broad SMARTS) is 1. The number of likely N-dealkylation sites (tertiary alicyclic amines) is 1. The molecule has 1 fully saturated rings. The third-order valence-corrected chi connectivity index (χ3v) is 6.09. The molecule has 1 saturated heterocycles. The molecule has 0 saturated carbocycles. The Labute approximate surface area is 194 Å². The fourth-order valence-electron chi connectivity index (χ4n) is 4.05. The number of benzene rings is 3. The maximum Gasteiger partial charge on any atom is 0.407 e. The summed E-state index contributed by atoms with van der Waals surface area (Å²) >= 11 is 12.1. The molecule has 0 aromatic heterocycles. The van der Waals surface area contributed by atoms with Gasteiger partial charge in [-0.1, -0.05) is 47.5 Å². The number of nitrogens with zero attached hydrogens (tertiary/aromatic N) is 2. The number of hydrogen-bond donors (Lipinski definition) is 1. The van der Waals surface area contributed by atoms with Crippen molar-refractivity contribution in [2.75, 3.05) is 13.1 Å². The van der Waals surface area contributed by atoms with Crippen LogP contribution in [0.25, 0.3) is 0 Å². The topological polar surface area (TPSA) is 43.8 Å². The minimum atomic E-state index is -1.13. The average molecular weight is 477 g/mol. The molecule has 0 spiro atoms. The first-order valence-corrected chi connectivity index (χ1v) is 10.8. The molecule has 0 unspecified atom stereocenters. The number of halogens is 4. The molecule has 3 aromatic rings. The second-order valence-electron chi connectivity index (χ2n) is 7.80. The first-order valence-electron chi connectivity index (χ1n) is 9.99. The van der Waals surface area contributed by atoms with Crippen molar-refractivity contribution in [1.29, 1.82) is 0 Å². The van der Waals surface area contributed by atoms with Gasteiger partial charge in [0.2, 0.25) is 0 Å². The van der Waals surface area contributed by atoms with E-state index in [1.165, 1.54) is 4.90 Å². The van der Waals surface area contributed by atoms with Crippen LogP contribution in [-0.4, -0.2) is 40.1 Å². The van der Waals surface area contributed by atoms with Gasteiger partial charge in [0.25, 0.3) is 0 Å². The number of hydrogen-bond acceptors (Lipinski definition) is 2. The van der Waals surface area contributed by atoms with E-state index >= 15 is 0 Å². The Morgan fingerprint density at radius 1 is 0.938 bits per heavy atom. The molecule has 0 aliphatic carbocycles. The summed E-state index contributed by atoms with van der Waals surface area (Å²) in [5.41, 5.74) is 2.31. The van der Waals surface area contributed by atoms with Gasteiger partial charge in [0.05, 0.1) is 12.1 Å². The lowest BCUT2D eigenvalue weighted by atomic mass is 9.92. The highest BCUT2D eigenvalue weighted by Gasteiger charge is 2.39. The van der Waals surface area contributed by atoms with E-state index in [9.17, 15) is 18.7 Å². The summed E-state index contributed by atoms with van der Waals surface area (Å²) in [6, 6.07) is 17.7. The molecular formula is C24H20Cl2F2N2O2. The fraction of sp³-hybridized carbons (Fsp3) is 0.208. The van der Waals surface area contributed by atoms with Crippen molar-refractivity contribution in [3.05, 3.63) is 105 Å². The quantitative estimate of drug-likeness (QED) is 0.458. The molecule has 0 bridgehead atoms. The van der Waals surface area contributed by atoms with Crippen LogP contribution in [0.3, 0.4) is 0 Å². The summed E-state index contributed by atoms with van der Waals surface area (Å²) in [4.78, 5) is 15.3. The van der Waals surface area contributed by atoms with E-state index in [4.69, 9.17) is 23.2 Å². The zero-order chi connectivity index (χ0) is 22.8. The molecule has 1 N–H and O–H groups in total. The van der Waals surface area contributed by atoms with E-state index < -0.39 is 17.7 Å². The predicted molar refractivity (Wildman–Crippen MR) is 120 cm³/mol. The lowest BCUT2D eigenvalue weighted by Crippen LogP contribution is -2.61. The Kier molecular flexibility index (Phi) is 6.65. The Morgan fingerprint density at radius 2 is 1.41 bits per heavy atom. The van der Waals surface area contributed by atoms with Crippen molar-refractivity contribution in [2.45, 2.75) is 18.6 Å². The number of rotatable bonds is 6. The Bertz CT molecular complexity index is 1040. The third-order valence-electron chi connectivity index (χ3n) is 5.59. The molecule has 0 radical (unpaired) electrons. The molecule has 0 atom stereocenters. The largest absolute Gasteiger partial charge is 0.465 e. The molecular weight excluding hydrogens is 457 g/mol. The van der Waals surface area contributed by atoms with Crippen LogP contribution in [0.5, 0.6) is 0 Å². The van der Waals surface area contributed by atoms with Crippen LogP contribution < -0.4 is 0 Å². The van der Waals surface area contributed by atoms with Gasteiger partial charge >= 0.3 is 6.09 Å². The van der Waals surface area contributed by atoms with Crippen molar-refractivity contribution in [3.63, 3.8) is 0 Å². The van der Waals surface area contributed by atoms with E-state index in [0.29, 0.717) is 23.1 Å². The zero-order valence-electron chi connectivity index (χ0n) is 16.9. The van der Waals surface area contributed by atoms with E-state index in [0.717, 1.165) is 29.3 Å². The summed E-state index contributed by atoms with van der Waals surface area (Å²) in [7, 11) is 0. The molecule has 1 amide bonds. The molecule has 166 valence electrons. The fourth-order valence-corrected chi connectivity index (χ4v) is 4.30. The van der Waals surface area contributed by atoms with Gasteiger partial charge in [-0.05, 0) is 53.1 Å². The predicted octanol–water partition coefficient (Wildman–Crippen LogP) is 6.23. The van der Waals surface area contributed by atoms with Gasteiger partial charge in [0, 0.05) is 35.7 Å². The van der Waals surface area contributed by atoms with E-state index in [-0.39, 0.29) is 24.2 Å². The monoisotopic (exact) mass is 476 g/mol. The van der Waals surface area contributed by atoms with Gasteiger partial charge in [0.15, 0.2) is 0 Å². The lowest BCUT2D eigenvalue weighted by Gasteiger charge is -2.48. The van der Waals surface area contributed by atoms with Gasteiger partial charge in [-0.2, -0.15) is 0 Å². The second-order valence-corrected chi connectivity index (χ2v) is 8.67. The third kappa shape index (κ3) is 5.04. The molecule has 3 aromatic carbocycles. The molecule has 32 heavy (non-hydrogen) atoms. The first-order chi connectivity index (χ1) is 15.3. The molecule has 4 nitrogen and oxygen atoms in total. The van der Waals surface area contributed by atoms with E-state index in [2.05, 4.69) is 4.90 Å². The Morgan fingerprint density at radius 3 is 1.84 bits per heavy atom. The van der Waals surface area contributed by atoms with E-state index in [1.807, 2.05) is 48.5 Å². The normalized spacial score (nSPS) is 14.4. The van der Waals surface area contributed by atoms with Gasteiger partial charge in [-0.3, -0.25) is 9.80 Å². The highest BCUT2D eigenvalue weighted by Crippen LogP contribution is 2.35. The SMILES string of the molecule is O=C(O)N(Cc1cc(F)cc(F)c1)C1CN(C(c2ccc(Cl)cc2)c2ccc(Cl)cc2)C1. The number of carbonyl (C=O) groups is 1. The summed E-state index contributed by atoms with van der Waals surface area (Å²) in [6.07, 6.45) is -1.13. The van der Waals surface area contributed by atoms with Gasteiger partial charge in [-0.25, -0.2) is 13.6 Å². The first kappa shape index (κ1) is 22.5. The van der Waals surface area contributed by atoms with Crippen LogP contribution >= 0.6 is 23.2 Å². The van der Waals surface area contributed by atoms with Crippen molar-refractivity contribution in [3.8, 4) is 0 Å². The highest BCUT2D eigenvalue weighted by molar-refractivity contribution is 6.30. The zero-order valence-corrected chi connectivity index (χ0v) is 18.4. The van der Waals surface area contributed by atoms with Gasteiger partial charge in [0.1, 0.15) is 11.6 Å². The van der Waals surface area contributed by atoms with Crippen LogP contribution in [0.2, 0.25) is 10.0 Å². The summed E-state index contributed by atoms with van der Waals surface area (Å²) < 4.78 is 27.1. The molecule has 1 heterocycles. The average Bonchev–Trinajstić information content (AvgIpc) is 2.70. The Hall–Kier alpha value is -2.67. The summed E-state index contributed by atoms with van der Waals surface area (Å²) in [5.74, 6) is -1.46. The van der Waals surface area contributed by atoms with Crippen LogP contribution in [-0.2, 0) is 6.54 Å². The van der Waals surface area contributed by atoms with Crippen LogP contribution in [0, 0.1) is 11.6 Å². The van der Waals surface area contributed by atoms with Crippen molar-refractivity contribution in [1.82, 2.24) is 9.80 Å². The molecule has 8 heteroatoms. The van der Waals surface area contributed by atoms with Crippen molar-refractivity contribution in [2.24, 2.45) is 0 Å². The van der Waals surface area contributed by atoms with Crippen LogP contribution in [0.4, 0.5) is 13.6 Å². The summed E-state index contributed by atoms with van der Waals surface area (Å²) in [5, 5.41) is 11.0. The lowest BCUT2D eigenvalue weighted by molar-refractivity contribution is 0.0154. The molecule has 4 rings (SSSR count). The minimum Gasteiger partial charge on any atom is -0.465 e.